The number of anilines is 1. The van der Waals surface area contributed by atoms with Crippen LogP contribution in [0, 0.1) is 0 Å². The van der Waals surface area contributed by atoms with Crippen molar-refractivity contribution in [3.63, 3.8) is 0 Å². The Kier molecular flexibility index (Phi) is 8.10. The van der Waals surface area contributed by atoms with E-state index in [1.165, 1.54) is 12.3 Å². The number of amides is 1. The summed E-state index contributed by atoms with van der Waals surface area (Å²) in [5.74, 6) is -2.15. The zero-order valence-corrected chi connectivity index (χ0v) is 13.1. The Morgan fingerprint density at radius 2 is 2.04 bits per heavy atom. The highest BCUT2D eigenvalue weighted by molar-refractivity contribution is 5.93. The fourth-order valence-corrected chi connectivity index (χ4v) is 1.66. The number of carbonyl (C=O) groups excluding carboxylic acids is 1. The van der Waals surface area contributed by atoms with E-state index in [9.17, 15) is 19.5 Å². The number of aromatic nitrogens is 2. The van der Waals surface area contributed by atoms with E-state index in [0.29, 0.717) is 0 Å². The number of carboxylic acids is 1. The maximum absolute atomic E-state index is 11.8. The highest BCUT2D eigenvalue weighted by atomic mass is 16.5. The molecule has 3 unspecified atom stereocenters. The third-order valence-corrected chi connectivity index (χ3v) is 3.09. The molecule has 0 bridgehead atoms. The Morgan fingerprint density at radius 3 is 2.56 bits per heavy atom. The van der Waals surface area contributed by atoms with Gasteiger partial charge in [-0.1, -0.05) is 0 Å². The number of nitrogens with two attached hydrogens (primary N) is 1. The zero-order valence-electron chi connectivity index (χ0n) is 13.1. The number of ether oxygens (including phenoxy) is 1. The molecule has 7 N–H and O–H groups in total. The molecule has 0 aliphatic carbocycles. The molecule has 1 heterocycles. The van der Waals surface area contributed by atoms with Gasteiger partial charge in [-0.3, -0.25) is 14.2 Å². The second-order valence-corrected chi connectivity index (χ2v) is 5.03. The first-order valence-electron chi connectivity index (χ1n) is 7.15. The van der Waals surface area contributed by atoms with Crippen LogP contribution in [0.5, 0.6) is 0 Å². The predicted octanol–water partition coefficient (Wildman–Crippen LogP) is -3.33. The zero-order chi connectivity index (χ0) is 19.0. The lowest BCUT2D eigenvalue weighted by atomic mass is 10.2. The molecule has 12 nitrogen and oxygen atoms in total. The largest absolute Gasteiger partial charge is 0.480 e. The van der Waals surface area contributed by atoms with Gasteiger partial charge in [0.15, 0.2) is 0 Å². The molecule has 140 valence electrons. The summed E-state index contributed by atoms with van der Waals surface area (Å²) in [6.07, 6.45) is -1.65. The molecule has 1 aromatic heterocycles. The molecular formula is C13H20N4O8. The number of aliphatic hydroxyl groups excluding tert-OH is 3. The summed E-state index contributed by atoms with van der Waals surface area (Å²) in [4.78, 5) is 37.5. The molecule has 25 heavy (non-hydrogen) atoms. The first-order chi connectivity index (χ1) is 11.8. The number of aliphatic carboxylic acids is 1. The van der Waals surface area contributed by atoms with E-state index in [1.54, 1.807) is 0 Å². The van der Waals surface area contributed by atoms with Gasteiger partial charge in [-0.05, 0) is 6.07 Å². The van der Waals surface area contributed by atoms with Crippen molar-refractivity contribution in [2.24, 2.45) is 5.73 Å². The summed E-state index contributed by atoms with van der Waals surface area (Å²) in [5, 5.41) is 38.1. The average Bonchev–Trinajstić information content (AvgIpc) is 2.56. The van der Waals surface area contributed by atoms with Gasteiger partial charge in [0.2, 0.25) is 5.91 Å². The van der Waals surface area contributed by atoms with Crippen LogP contribution in [0.1, 0.15) is 6.42 Å². The summed E-state index contributed by atoms with van der Waals surface area (Å²) < 4.78 is 6.10. The van der Waals surface area contributed by atoms with Crippen LogP contribution < -0.4 is 16.7 Å². The second kappa shape index (κ2) is 9.80. The number of aliphatic hydroxyl groups is 3. The molecule has 0 aliphatic heterocycles. The van der Waals surface area contributed by atoms with Gasteiger partial charge in [0.05, 0.1) is 19.6 Å². The number of rotatable bonds is 10. The van der Waals surface area contributed by atoms with Crippen molar-refractivity contribution in [3.8, 4) is 0 Å². The molecular weight excluding hydrogens is 340 g/mol. The van der Waals surface area contributed by atoms with Gasteiger partial charge >= 0.3 is 11.7 Å². The minimum Gasteiger partial charge on any atom is -0.480 e. The monoisotopic (exact) mass is 360 g/mol. The van der Waals surface area contributed by atoms with Crippen LogP contribution in [0.15, 0.2) is 17.1 Å². The van der Waals surface area contributed by atoms with Gasteiger partial charge in [-0.15, -0.1) is 0 Å². The summed E-state index contributed by atoms with van der Waals surface area (Å²) in [6, 6.07) is -0.104. The lowest BCUT2D eigenvalue weighted by Gasteiger charge is -2.20. The van der Waals surface area contributed by atoms with E-state index >= 15 is 0 Å². The third kappa shape index (κ3) is 6.56. The van der Waals surface area contributed by atoms with Crippen LogP contribution in [0.4, 0.5) is 5.82 Å². The molecule has 3 atom stereocenters. The molecule has 12 heteroatoms. The average molecular weight is 360 g/mol. The SMILES string of the molecule is NC(CC(=O)Nc1ccn(COC(CO)C(O)CO)c(=O)n1)C(=O)O. The fourth-order valence-electron chi connectivity index (χ4n) is 1.66. The maximum Gasteiger partial charge on any atom is 0.351 e. The molecule has 0 saturated carbocycles. The highest BCUT2D eigenvalue weighted by Gasteiger charge is 2.19. The van der Waals surface area contributed by atoms with E-state index in [4.69, 9.17) is 25.8 Å². The molecule has 0 aliphatic rings. The Labute approximate surface area is 141 Å². The first kappa shape index (κ1) is 20.7. The molecule has 0 radical (unpaired) electrons. The number of carboxylic acid groups (broad SMARTS) is 1. The molecule has 0 aromatic carbocycles. The minimum absolute atomic E-state index is 0.0991. The molecule has 1 rings (SSSR count). The third-order valence-electron chi connectivity index (χ3n) is 3.09. The van der Waals surface area contributed by atoms with Crippen molar-refractivity contribution >= 4 is 17.7 Å². The minimum atomic E-state index is -1.37. The van der Waals surface area contributed by atoms with Gasteiger partial charge in [0.25, 0.3) is 0 Å². The van der Waals surface area contributed by atoms with Crippen molar-refractivity contribution < 1.29 is 34.8 Å². The number of nitrogens with zero attached hydrogens (tertiary/aromatic N) is 2. The quantitative estimate of drug-likeness (QED) is 0.245. The summed E-state index contributed by atoms with van der Waals surface area (Å²) >= 11 is 0. The van der Waals surface area contributed by atoms with Crippen molar-refractivity contribution in [1.82, 2.24) is 9.55 Å². The summed E-state index contributed by atoms with van der Waals surface area (Å²) in [5.41, 5.74) is 4.42. The van der Waals surface area contributed by atoms with E-state index in [0.717, 1.165) is 4.57 Å². The number of hydrogen-bond acceptors (Lipinski definition) is 9. The number of nitrogens with one attached hydrogen (secondary N) is 1. The molecule has 0 spiro atoms. The normalized spacial score (nSPS) is 14.6. The highest BCUT2D eigenvalue weighted by Crippen LogP contribution is 2.03. The van der Waals surface area contributed by atoms with Crippen LogP contribution in [0.25, 0.3) is 0 Å². The molecule has 0 saturated heterocycles. The topological polar surface area (TPSA) is 197 Å². The maximum atomic E-state index is 11.8. The van der Waals surface area contributed by atoms with Crippen molar-refractivity contribution in [2.75, 3.05) is 18.5 Å². The number of hydrogen-bond donors (Lipinski definition) is 6. The fraction of sp³-hybridized carbons (Fsp3) is 0.538. The number of carbonyl (C=O) groups is 2. The Bertz CT molecular complexity index is 649. The second-order valence-electron chi connectivity index (χ2n) is 5.03. The Hall–Kier alpha value is -2.38. The predicted molar refractivity (Wildman–Crippen MR) is 82.4 cm³/mol. The van der Waals surface area contributed by atoms with Crippen molar-refractivity contribution in [1.29, 1.82) is 0 Å². The standard InChI is InChI=1S/C13H20N4O8/c14-7(12(22)23)3-11(21)15-10-1-2-17(13(24)16-10)6-25-9(5-19)8(20)4-18/h1-2,7-9,18-20H,3-6,14H2,(H,22,23)(H,15,16,21,24). The van der Waals surface area contributed by atoms with Gasteiger partial charge in [0, 0.05) is 6.20 Å². The van der Waals surface area contributed by atoms with Crippen LogP contribution in [-0.4, -0.2) is 73.3 Å². The van der Waals surface area contributed by atoms with Gasteiger partial charge in [-0.25, -0.2) is 4.79 Å². The Morgan fingerprint density at radius 1 is 1.36 bits per heavy atom. The van der Waals surface area contributed by atoms with Gasteiger partial charge < -0.3 is 36.2 Å². The molecule has 0 fully saturated rings. The van der Waals surface area contributed by atoms with E-state index in [1.807, 2.05) is 0 Å². The lowest BCUT2D eigenvalue weighted by Crippen LogP contribution is -2.37. The van der Waals surface area contributed by atoms with Crippen molar-refractivity contribution in [3.05, 3.63) is 22.7 Å². The van der Waals surface area contributed by atoms with Crippen LogP contribution in [-0.2, 0) is 21.1 Å². The smallest absolute Gasteiger partial charge is 0.351 e. The first-order valence-corrected chi connectivity index (χ1v) is 7.15. The van der Waals surface area contributed by atoms with Gasteiger partial charge in [-0.2, -0.15) is 4.98 Å². The van der Waals surface area contributed by atoms with Gasteiger partial charge in [0.1, 0.15) is 30.8 Å². The van der Waals surface area contributed by atoms with E-state index in [2.05, 4.69) is 10.3 Å². The summed E-state index contributed by atoms with van der Waals surface area (Å²) in [7, 11) is 0. The molecule has 1 amide bonds. The van der Waals surface area contributed by atoms with Crippen molar-refractivity contribution in [2.45, 2.75) is 31.4 Å². The van der Waals surface area contributed by atoms with Crippen LogP contribution >= 0.6 is 0 Å². The van der Waals surface area contributed by atoms with Crippen LogP contribution in [0.3, 0.4) is 0 Å². The summed E-state index contributed by atoms with van der Waals surface area (Å²) in [6.45, 7) is -1.55. The van der Waals surface area contributed by atoms with E-state index in [-0.39, 0.29) is 12.5 Å². The molecule has 1 aromatic rings. The Balaban J connectivity index is 2.66. The lowest BCUT2D eigenvalue weighted by molar-refractivity contribution is -0.140. The van der Waals surface area contributed by atoms with Crippen LogP contribution in [0.2, 0.25) is 0 Å². The van der Waals surface area contributed by atoms with E-state index < -0.39 is 55.5 Å².